The van der Waals surface area contributed by atoms with Crippen LogP contribution in [-0.4, -0.2) is 99.8 Å². The number of thiophene rings is 1. The van der Waals surface area contributed by atoms with E-state index < -0.39 is 24.3 Å². The molecule has 1 fully saturated rings. The number of amides is 1. The maximum atomic E-state index is 13.9. The van der Waals surface area contributed by atoms with Crippen molar-refractivity contribution in [1.29, 1.82) is 0 Å². The molecule has 0 radical (unpaired) electrons. The van der Waals surface area contributed by atoms with Crippen molar-refractivity contribution in [2.75, 3.05) is 40.1 Å². The number of carboxylic acids is 2. The first kappa shape index (κ1) is 40.3. The molecule has 0 aliphatic carbocycles. The molecule has 1 saturated heterocycles. The Morgan fingerprint density at radius 3 is 2.07 bits per heavy atom. The summed E-state index contributed by atoms with van der Waals surface area (Å²) in [7, 11) is 1.53. The molecular weight excluding hydrogens is 766 g/mol. The number of carboxylic acid groups (broad SMARTS) is 2. The largest absolute Gasteiger partial charge is 0.494 e. The number of nitrogens with zero attached hydrogens (tertiary/aromatic N) is 4. The quantitative estimate of drug-likeness (QED) is 0.205. The highest BCUT2D eigenvalue weighted by molar-refractivity contribution is 7.22. The van der Waals surface area contributed by atoms with Crippen LogP contribution in [0.3, 0.4) is 0 Å². The molecule has 292 valence electrons. The minimum Gasteiger partial charge on any atom is -0.494 e. The minimum absolute atomic E-state index is 0.106. The highest BCUT2D eigenvalue weighted by atomic mass is 32.1. The molecule has 0 saturated carbocycles. The SMILES string of the molecule is COc1c(C(=O)N2CCN(Cc3ccc4c(c3)OCO4)CC2)sc2c1c(=O)n(Cc1ccccn1)c1ccccc21.O=C(O)C(F)(F)F.O=C(O)C(F)(F)F. The van der Waals surface area contributed by atoms with E-state index in [1.165, 1.54) is 18.4 Å². The molecule has 0 atom stereocenters. The third-order valence-corrected chi connectivity index (χ3v) is 9.39. The van der Waals surface area contributed by atoms with Crippen molar-refractivity contribution in [3.05, 3.63) is 93.3 Å². The number of piperazine rings is 1. The minimum atomic E-state index is -5.08. The van der Waals surface area contributed by atoms with E-state index in [1.807, 2.05) is 59.5 Å². The molecule has 0 bridgehead atoms. The lowest BCUT2D eigenvalue weighted by Crippen LogP contribution is -2.48. The van der Waals surface area contributed by atoms with Crippen molar-refractivity contribution in [1.82, 2.24) is 19.4 Å². The zero-order valence-corrected chi connectivity index (χ0v) is 29.3. The molecule has 2 aliphatic heterocycles. The molecule has 5 heterocycles. The maximum absolute atomic E-state index is 13.9. The summed E-state index contributed by atoms with van der Waals surface area (Å²) in [6.07, 6.45) is -8.45. The van der Waals surface area contributed by atoms with Gasteiger partial charge in [-0.05, 0) is 35.9 Å². The molecule has 2 aromatic carbocycles. The van der Waals surface area contributed by atoms with Crippen LogP contribution < -0.4 is 19.8 Å². The number of hydrogen-bond donors (Lipinski definition) is 2. The molecule has 0 spiro atoms. The zero-order valence-electron chi connectivity index (χ0n) is 28.5. The molecule has 1 amide bonds. The molecule has 55 heavy (non-hydrogen) atoms. The van der Waals surface area contributed by atoms with Crippen LogP contribution in [0, 0.1) is 0 Å². The van der Waals surface area contributed by atoms with Gasteiger partial charge in [-0.3, -0.25) is 19.5 Å². The van der Waals surface area contributed by atoms with E-state index in [0.29, 0.717) is 35.6 Å². The van der Waals surface area contributed by atoms with E-state index in [2.05, 4.69) is 16.0 Å². The van der Waals surface area contributed by atoms with Crippen molar-refractivity contribution in [2.24, 2.45) is 0 Å². The van der Waals surface area contributed by atoms with Gasteiger partial charge in [0, 0.05) is 44.3 Å². The van der Waals surface area contributed by atoms with Crippen molar-refractivity contribution in [3.8, 4) is 17.2 Å². The first-order chi connectivity index (χ1) is 26.0. The number of para-hydroxylation sites is 1. The molecular formula is C35H30F6N4O9S. The van der Waals surface area contributed by atoms with Gasteiger partial charge in [-0.2, -0.15) is 26.3 Å². The molecule has 7 rings (SSSR count). The van der Waals surface area contributed by atoms with Gasteiger partial charge < -0.3 is 33.9 Å². The first-order valence-electron chi connectivity index (χ1n) is 16.0. The molecule has 20 heteroatoms. The van der Waals surface area contributed by atoms with Crippen LogP contribution in [0.25, 0.3) is 21.0 Å². The number of pyridine rings is 2. The Labute approximate surface area is 310 Å². The monoisotopic (exact) mass is 796 g/mol. The fourth-order valence-corrected chi connectivity index (χ4v) is 6.90. The number of fused-ring (bicyclic) bond motifs is 4. The number of aromatic nitrogens is 2. The molecule has 2 aliphatic rings. The number of aliphatic carboxylic acids is 2. The Bertz CT molecular complexity index is 2230. The smallest absolute Gasteiger partial charge is 0.490 e. The number of hydrogen-bond acceptors (Lipinski definition) is 10. The van der Waals surface area contributed by atoms with E-state index >= 15 is 0 Å². The summed E-state index contributed by atoms with van der Waals surface area (Å²) in [5, 5.41) is 15.6. The number of methoxy groups -OCH3 is 1. The van der Waals surface area contributed by atoms with Crippen LogP contribution in [0.15, 0.2) is 71.7 Å². The average Bonchev–Trinajstić information content (AvgIpc) is 3.78. The van der Waals surface area contributed by atoms with Gasteiger partial charge in [-0.25, -0.2) is 9.59 Å². The zero-order chi connectivity index (χ0) is 40.1. The number of benzene rings is 2. The lowest BCUT2D eigenvalue weighted by molar-refractivity contribution is -0.193. The van der Waals surface area contributed by atoms with E-state index in [9.17, 15) is 35.9 Å². The summed E-state index contributed by atoms with van der Waals surface area (Å²) >= 11 is 1.34. The van der Waals surface area contributed by atoms with Crippen LogP contribution in [0.5, 0.6) is 17.2 Å². The van der Waals surface area contributed by atoms with E-state index in [1.54, 1.807) is 10.8 Å². The van der Waals surface area contributed by atoms with Gasteiger partial charge in [-0.15, -0.1) is 11.3 Å². The predicted molar refractivity (Wildman–Crippen MR) is 185 cm³/mol. The van der Waals surface area contributed by atoms with E-state index in [-0.39, 0.29) is 18.3 Å². The number of halogens is 6. The van der Waals surface area contributed by atoms with Crippen molar-refractivity contribution < 1.29 is 65.1 Å². The van der Waals surface area contributed by atoms with Crippen molar-refractivity contribution >= 4 is 50.2 Å². The summed E-state index contributed by atoms with van der Waals surface area (Å²) < 4.78 is 82.7. The van der Waals surface area contributed by atoms with Gasteiger partial charge in [-0.1, -0.05) is 30.3 Å². The number of ether oxygens (including phenoxy) is 3. The van der Waals surface area contributed by atoms with E-state index in [4.69, 9.17) is 34.0 Å². The van der Waals surface area contributed by atoms with Crippen LogP contribution in [0.2, 0.25) is 0 Å². The van der Waals surface area contributed by atoms with Crippen molar-refractivity contribution in [2.45, 2.75) is 25.4 Å². The average molecular weight is 797 g/mol. The standard InChI is InChI=1S/C31H28N4O5S.2C2HF3O2/c1-38-27-26-28(22-7-2-3-8-23(22)35(30(26)36)18-21-6-4-5-11-32-21)41-29(27)31(37)34-14-12-33(13-15-34)17-20-9-10-24-25(16-20)40-19-39-24;2*3-2(4,5)1(6)7/h2-11,16H,12-15,17-19H2,1H3;2*(H,6,7). The molecule has 3 aromatic heterocycles. The van der Waals surface area contributed by atoms with Gasteiger partial charge in [0.15, 0.2) is 17.2 Å². The third-order valence-electron chi connectivity index (χ3n) is 8.20. The van der Waals surface area contributed by atoms with E-state index in [0.717, 1.165) is 58.0 Å². The van der Waals surface area contributed by atoms with Crippen LogP contribution in [0.1, 0.15) is 20.9 Å². The van der Waals surface area contributed by atoms with Crippen molar-refractivity contribution in [3.63, 3.8) is 0 Å². The fourth-order valence-electron chi connectivity index (χ4n) is 5.64. The molecule has 2 N–H and O–H groups in total. The lowest BCUT2D eigenvalue weighted by atomic mass is 10.1. The molecule has 5 aromatic rings. The second kappa shape index (κ2) is 16.6. The summed E-state index contributed by atoms with van der Waals surface area (Å²) in [4.78, 5) is 54.7. The highest BCUT2D eigenvalue weighted by Crippen LogP contribution is 2.40. The number of rotatable bonds is 6. The molecule has 13 nitrogen and oxygen atoms in total. The van der Waals surface area contributed by atoms with Crippen LogP contribution in [0.4, 0.5) is 26.3 Å². The highest BCUT2D eigenvalue weighted by Gasteiger charge is 2.39. The number of carbonyl (C=O) groups excluding carboxylic acids is 1. The Balaban J connectivity index is 0.000000355. The Kier molecular flexibility index (Phi) is 12.2. The topological polar surface area (TPSA) is 161 Å². The van der Waals surface area contributed by atoms with Gasteiger partial charge in [0.1, 0.15) is 10.3 Å². The molecule has 0 unspecified atom stereocenters. The predicted octanol–water partition coefficient (Wildman–Crippen LogP) is 5.62. The Hall–Kier alpha value is -5.89. The maximum Gasteiger partial charge on any atom is 0.490 e. The second-order valence-corrected chi connectivity index (χ2v) is 12.8. The van der Waals surface area contributed by atoms with Gasteiger partial charge in [0.2, 0.25) is 6.79 Å². The van der Waals surface area contributed by atoms with Crippen LogP contribution >= 0.6 is 11.3 Å². The van der Waals surface area contributed by atoms with Gasteiger partial charge in [0.25, 0.3) is 11.5 Å². The summed E-state index contributed by atoms with van der Waals surface area (Å²) in [6, 6.07) is 19.5. The first-order valence-corrected chi connectivity index (χ1v) is 16.8. The number of alkyl halides is 6. The summed E-state index contributed by atoms with van der Waals surface area (Å²) in [5.41, 5.74) is 2.54. The van der Waals surface area contributed by atoms with Crippen LogP contribution in [-0.2, 0) is 22.7 Å². The summed E-state index contributed by atoms with van der Waals surface area (Å²) in [6.45, 7) is 4.02. The second-order valence-electron chi connectivity index (χ2n) is 11.8. The normalized spacial score (nSPS) is 14.1. The Morgan fingerprint density at radius 1 is 0.855 bits per heavy atom. The third kappa shape index (κ3) is 9.44. The van der Waals surface area contributed by atoms with Gasteiger partial charge in [0.05, 0.1) is 29.6 Å². The fraction of sp³-hybridized carbons (Fsp3) is 0.286. The number of carbonyl (C=O) groups is 3. The van der Waals surface area contributed by atoms with Gasteiger partial charge >= 0.3 is 24.3 Å². The lowest BCUT2D eigenvalue weighted by Gasteiger charge is -2.34. The Morgan fingerprint density at radius 2 is 1.47 bits per heavy atom. The summed E-state index contributed by atoms with van der Waals surface area (Å²) in [5.74, 6) is -3.72.